The molecule has 0 aliphatic carbocycles. The predicted octanol–water partition coefficient (Wildman–Crippen LogP) is 4.54. The number of carbonyl (C=O) groups excluding carboxylic acids is 1. The lowest BCUT2D eigenvalue weighted by Crippen LogP contribution is -2.28. The highest BCUT2D eigenvalue weighted by atomic mass is 32.2. The van der Waals surface area contributed by atoms with E-state index >= 15 is 0 Å². The van der Waals surface area contributed by atoms with Crippen LogP contribution in [0.3, 0.4) is 0 Å². The van der Waals surface area contributed by atoms with E-state index in [-0.39, 0.29) is 28.1 Å². The fourth-order valence-electron chi connectivity index (χ4n) is 2.97. The third-order valence-corrected chi connectivity index (χ3v) is 6.09. The van der Waals surface area contributed by atoms with Gasteiger partial charge in [-0.3, -0.25) is 9.52 Å². The van der Waals surface area contributed by atoms with Gasteiger partial charge in [0.05, 0.1) is 22.2 Å². The average molecular weight is 409 g/mol. The molecule has 0 aliphatic rings. The standard InChI is InChI=1S/C23H24N2O3S/c1-3-18-13-15-19(16-14-18)17(2)24-23(26)21-11-7-8-12-22(21)25-29(27,28)20-9-5-4-6-10-20/h4-17,25H,3H2,1-2H3,(H,24,26). The normalized spacial score (nSPS) is 12.2. The molecule has 1 amide bonds. The molecule has 0 aromatic heterocycles. The van der Waals surface area contributed by atoms with E-state index in [0.717, 1.165) is 12.0 Å². The molecular weight excluding hydrogens is 384 g/mol. The van der Waals surface area contributed by atoms with Crippen LogP contribution in [0.1, 0.15) is 41.4 Å². The summed E-state index contributed by atoms with van der Waals surface area (Å²) in [5, 5.41) is 2.94. The topological polar surface area (TPSA) is 75.3 Å². The maximum absolute atomic E-state index is 12.8. The van der Waals surface area contributed by atoms with Crippen molar-refractivity contribution >= 4 is 21.6 Å². The molecular formula is C23H24N2O3S. The van der Waals surface area contributed by atoms with Crippen molar-refractivity contribution in [3.8, 4) is 0 Å². The second-order valence-electron chi connectivity index (χ2n) is 6.75. The van der Waals surface area contributed by atoms with Crippen LogP contribution in [0, 0.1) is 0 Å². The average Bonchev–Trinajstić information content (AvgIpc) is 2.74. The summed E-state index contributed by atoms with van der Waals surface area (Å²) >= 11 is 0. The third-order valence-electron chi connectivity index (χ3n) is 4.71. The molecule has 5 nitrogen and oxygen atoms in total. The number of nitrogens with one attached hydrogen (secondary N) is 2. The molecule has 0 spiro atoms. The van der Waals surface area contributed by atoms with E-state index in [4.69, 9.17) is 0 Å². The van der Waals surface area contributed by atoms with Crippen LogP contribution in [-0.4, -0.2) is 14.3 Å². The SMILES string of the molecule is CCc1ccc(C(C)NC(=O)c2ccccc2NS(=O)(=O)c2ccccc2)cc1. The van der Waals surface area contributed by atoms with Crippen LogP contribution in [0.5, 0.6) is 0 Å². The van der Waals surface area contributed by atoms with Crippen molar-refractivity contribution in [1.82, 2.24) is 5.32 Å². The summed E-state index contributed by atoms with van der Waals surface area (Å²) in [6.07, 6.45) is 0.954. The molecule has 0 saturated heterocycles. The van der Waals surface area contributed by atoms with Crippen molar-refractivity contribution < 1.29 is 13.2 Å². The molecule has 150 valence electrons. The maximum Gasteiger partial charge on any atom is 0.261 e. The van der Waals surface area contributed by atoms with Crippen LogP contribution in [0.15, 0.2) is 83.8 Å². The number of hydrogen-bond donors (Lipinski definition) is 2. The zero-order valence-electron chi connectivity index (χ0n) is 16.4. The molecule has 0 saturated carbocycles. The molecule has 0 heterocycles. The number of sulfonamides is 1. The van der Waals surface area contributed by atoms with E-state index in [1.165, 1.54) is 17.7 Å². The van der Waals surface area contributed by atoms with E-state index in [0.29, 0.717) is 0 Å². The Bertz CT molecular complexity index is 1080. The first kappa shape index (κ1) is 20.6. The minimum atomic E-state index is -3.79. The van der Waals surface area contributed by atoms with Gasteiger partial charge in [0.2, 0.25) is 0 Å². The second kappa shape index (κ2) is 8.92. The Morgan fingerprint density at radius 2 is 1.52 bits per heavy atom. The number of carbonyl (C=O) groups is 1. The largest absolute Gasteiger partial charge is 0.345 e. The molecule has 6 heteroatoms. The minimum Gasteiger partial charge on any atom is -0.345 e. The summed E-state index contributed by atoms with van der Waals surface area (Å²) in [5.41, 5.74) is 2.72. The van der Waals surface area contributed by atoms with Crippen molar-refractivity contribution in [2.75, 3.05) is 4.72 Å². The van der Waals surface area contributed by atoms with Crippen LogP contribution in [0.4, 0.5) is 5.69 Å². The van der Waals surface area contributed by atoms with E-state index in [1.807, 2.05) is 31.2 Å². The molecule has 1 atom stereocenters. The highest BCUT2D eigenvalue weighted by Gasteiger charge is 2.19. The fourth-order valence-corrected chi connectivity index (χ4v) is 4.07. The third kappa shape index (κ3) is 5.03. The van der Waals surface area contributed by atoms with Gasteiger partial charge in [-0.05, 0) is 48.7 Å². The summed E-state index contributed by atoms with van der Waals surface area (Å²) in [6.45, 7) is 3.99. The Kier molecular flexibility index (Phi) is 6.34. The molecule has 0 radical (unpaired) electrons. The summed E-state index contributed by atoms with van der Waals surface area (Å²) in [7, 11) is -3.79. The maximum atomic E-state index is 12.8. The number of rotatable bonds is 7. The first-order valence-corrected chi connectivity index (χ1v) is 11.0. The molecule has 3 aromatic rings. The Balaban J connectivity index is 1.79. The molecule has 3 aromatic carbocycles. The van der Waals surface area contributed by atoms with Gasteiger partial charge in [0.15, 0.2) is 0 Å². The Morgan fingerprint density at radius 3 is 2.17 bits per heavy atom. The van der Waals surface area contributed by atoms with Gasteiger partial charge in [-0.15, -0.1) is 0 Å². The molecule has 0 aliphatic heterocycles. The van der Waals surface area contributed by atoms with Gasteiger partial charge < -0.3 is 5.32 Å². The van der Waals surface area contributed by atoms with Crippen molar-refractivity contribution in [3.05, 3.63) is 95.6 Å². The predicted molar refractivity (Wildman–Crippen MR) is 115 cm³/mol. The highest BCUT2D eigenvalue weighted by molar-refractivity contribution is 7.92. The van der Waals surface area contributed by atoms with Crippen molar-refractivity contribution in [2.45, 2.75) is 31.2 Å². The monoisotopic (exact) mass is 408 g/mol. The Morgan fingerprint density at radius 1 is 0.897 bits per heavy atom. The lowest BCUT2D eigenvalue weighted by Gasteiger charge is -2.17. The number of anilines is 1. The van der Waals surface area contributed by atoms with E-state index in [1.54, 1.807) is 42.5 Å². The molecule has 0 bridgehead atoms. The Hall–Kier alpha value is -3.12. The molecule has 29 heavy (non-hydrogen) atoms. The highest BCUT2D eigenvalue weighted by Crippen LogP contribution is 2.21. The van der Waals surface area contributed by atoms with E-state index < -0.39 is 10.0 Å². The van der Waals surface area contributed by atoms with E-state index in [2.05, 4.69) is 17.0 Å². The first-order valence-electron chi connectivity index (χ1n) is 9.47. The second-order valence-corrected chi connectivity index (χ2v) is 8.44. The zero-order chi connectivity index (χ0) is 20.9. The van der Waals surface area contributed by atoms with Gasteiger partial charge >= 0.3 is 0 Å². The van der Waals surface area contributed by atoms with Crippen LogP contribution >= 0.6 is 0 Å². The van der Waals surface area contributed by atoms with Crippen molar-refractivity contribution in [1.29, 1.82) is 0 Å². The molecule has 0 fully saturated rings. The summed E-state index contributed by atoms with van der Waals surface area (Å²) in [6, 6.07) is 22.5. The summed E-state index contributed by atoms with van der Waals surface area (Å²) in [4.78, 5) is 13.0. The fraction of sp³-hybridized carbons (Fsp3) is 0.174. The van der Waals surface area contributed by atoms with Gasteiger partial charge in [0, 0.05) is 0 Å². The Labute approximate surface area is 171 Å². The van der Waals surface area contributed by atoms with Gasteiger partial charge in [0.1, 0.15) is 0 Å². The summed E-state index contributed by atoms with van der Waals surface area (Å²) < 4.78 is 27.8. The smallest absolute Gasteiger partial charge is 0.261 e. The van der Waals surface area contributed by atoms with Crippen LogP contribution in [0.25, 0.3) is 0 Å². The van der Waals surface area contributed by atoms with Crippen molar-refractivity contribution in [2.24, 2.45) is 0 Å². The van der Waals surface area contributed by atoms with Crippen LogP contribution in [0.2, 0.25) is 0 Å². The lowest BCUT2D eigenvalue weighted by atomic mass is 10.0. The number of benzene rings is 3. The quantitative estimate of drug-likeness (QED) is 0.603. The summed E-state index contributed by atoms with van der Waals surface area (Å²) in [5.74, 6) is -0.344. The number of aryl methyl sites for hydroxylation is 1. The van der Waals surface area contributed by atoms with Crippen LogP contribution < -0.4 is 10.0 Å². The molecule has 1 unspecified atom stereocenters. The van der Waals surface area contributed by atoms with Gasteiger partial charge in [-0.1, -0.05) is 61.5 Å². The van der Waals surface area contributed by atoms with Crippen LogP contribution in [-0.2, 0) is 16.4 Å². The molecule has 3 rings (SSSR count). The number of amides is 1. The molecule has 2 N–H and O–H groups in total. The minimum absolute atomic E-state index is 0.139. The number of para-hydroxylation sites is 1. The van der Waals surface area contributed by atoms with E-state index in [9.17, 15) is 13.2 Å². The first-order chi connectivity index (χ1) is 13.9. The zero-order valence-corrected chi connectivity index (χ0v) is 17.2. The van der Waals surface area contributed by atoms with Gasteiger partial charge in [-0.25, -0.2) is 8.42 Å². The van der Waals surface area contributed by atoms with Gasteiger partial charge in [-0.2, -0.15) is 0 Å². The van der Waals surface area contributed by atoms with Gasteiger partial charge in [0.25, 0.3) is 15.9 Å². The number of hydrogen-bond acceptors (Lipinski definition) is 3. The van der Waals surface area contributed by atoms with Crippen molar-refractivity contribution in [3.63, 3.8) is 0 Å². The lowest BCUT2D eigenvalue weighted by molar-refractivity contribution is 0.0941.